The molecule has 0 saturated carbocycles. The van der Waals surface area contributed by atoms with Gasteiger partial charge in [0.25, 0.3) is 5.69 Å². The van der Waals surface area contributed by atoms with E-state index in [-0.39, 0.29) is 10.6 Å². The van der Waals surface area contributed by atoms with Gasteiger partial charge in [-0.05, 0) is 61.2 Å². The Balaban J connectivity index is 2.09. The molecule has 0 amide bonds. The zero-order valence-electron chi connectivity index (χ0n) is 11.2. The topological polar surface area (TPSA) is 49.6 Å². The average molecular weight is 375 g/mol. The van der Waals surface area contributed by atoms with Crippen molar-refractivity contribution in [2.24, 2.45) is 0 Å². The molecule has 1 aromatic carbocycles. The number of hydrogen-bond acceptors (Lipinski definition) is 4. The van der Waals surface area contributed by atoms with Crippen molar-refractivity contribution in [3.05, 3.63) is 31.9 Å². The monoisotopic (exact) mass is 375 g/mol. The highest BCUT2D eigenvalue weighted by Crippen LogP contribution is 2.26. The molecule has 6 heteroatoms. The minimum absolute atomic E-state index is 0.177. The second kappa shape index (κ2) is 6.04. The highest BCUT2D eigenvalue weighted by molar-refractivity contribution is 14.1. The minimum atomic E-state index is -0.337. The Morgan fingerprint density at radius 3 is 2.84 bits per heavy atom. The second-order valence-corrected chi connectivity index (χ2v) is 6.21. The summed E-state index contributed by atoms with van der Waals surface area (Å²) in [5.41, 5.74) is 1.21. The Morgan fingerprint density at radius 2 is 2.32 bits per heavy atom. The second-order valence-electron chi connectivity index (χ2n) is 5.05. The molecule has 1 fully saturated rings. The molecule has 0 N–H and O–H groups in total. The van der Waals surface area contributed by atoms with Crippen LogP contribution in [0.15, 0.2) is 18.2 Å². The normalized spacial score (nSPS) is 19.6. The van der Waals surface area contributed by atoms with Gasteiger partial charge < -0.3 is 9.80 Å². The number of likely N-dealkylation sites (N-methyl/N-ethyl adjacent to an activating group) is 2. The quantitative estimate of drug-likeness (QED) is 0.461. The van der Waals surface area contributed by atoms with Gasteiger partial charge in [0.15, 0.2) is 0 Å². The third kappa shape index (κ3) is 3.36. The maximum atomic E-state index is 10.8. The highest BCUT2D eigenvalue weighted by atomic mass is 127. The molecule has 1 aromatic rings. The predicted molar refractivity (Wildman–Crippen MR) is 84.7 cm³/mol. The number of nitrogens with zero attached hydrogens (tertiary/aromatic N) is 3. The number of anilines is 1. The van der Waals surface area contributed by atoms with E-state index in [2.05, 4.69) is 16.8 Å². The first-order valence-electron chi connectivity index (χ1n) is 6.34. The molecule has 0 radical (unpaired) electrons. The Morgan fingerprint density at radius 1 is 1.58 bits per heavy atom. The smallest absolute Gasteiger partial charge is 0.282 e. The van der Waals surface area contributed by atoms with Crippen molar-refractivity contribution in [1.82, 2.24) is 4.90 Å². The molecule has 2 rings (SSSR count). The summed E-state index contributed by atoms with van der Waals surface area (Å²) in [7, 11) is 4.20. The third-order valence-electron chi connectivity index (χ3n) is 3.72. The fraction of sp³-hybridized carbons (Fsp3) is 0.538. The van der Waals surface area contributed by atoms with Crippen LogP contribution in [0.2, 0.25) is 0 Å². The van der Waals surface area contributed by atoms with Crippen LogP contribution in [0.1, 0.15) is 12.8 Å². The number of likely N-dealkylation sites (tertiary alicyclic amines) is 1. The van der Waals surface area contributed by atoms with Crippen LogP contribution in [0.5, 0.6) is 0 Å². The molecule has 0 bridgehead atoms. The number of nitro benzene ring substituents is 1. The van der Waals surface area contributed by atoms with Crippen molar-refractivity contribution in [3.8, 4) is 0 Å². The number of rotatable bonds is 4. The summed E-state index contributed by atoms with van der Waals surface area (Å²) in [4.78, 5) is 15.0. The highest BCUT2D eigenvalue weighted by Gasteiger charge is 2.22. The van der Waals surface area contributed by atoms with E-state index in [1.165, 1.54) is 12.8 Å². The first-order chi connectivity index (χ1) is 8.99. The molecular weight excluding hydrogens is 357 g/mol. The number of benzene rings is 1. The van der Waals surface area contributed by atoms with Crippen molar-refractivity contribution >= 4 is 34.0 Å². The summed E-state index contributed by atoms with van der Waals surface area (Å²) in [6, 6.07) is 5.88. The van der Waals surface area contributed by atoms with Gasteiger partial charge in [-0.2, -0.15) is 0 Å². The summed E-state index contributed by atoms with van der Waals surface area (Å²) >= 11 is 2.02. The number of halogens is 1. The first kappa shape index (κ1) is 14.5. The van der Waals surface area contributed by atoms with Gasteiger partial charge in [0.05, 0.1) is 8.49 Å². The van der Waals surface area contributed by atoms with E-state index in [9.17, 15) is 10.1 Å². The molecule has 104 valence electrons. The average Bonchev–Trinajstić information content (AvgIpc) is 2.74. The van der Waals surface area contributed by atoms with E-state index in [0.717, 1.165) is 18.8 Å². The van der Waals surface area contributed by atoms with Gasteiger partial charge in [0.1, 0.15) is 0 Å². The van der Waals surface area contributed by atoms with Gasteiger partial charge >= 0.3 is 0 Å². The van der Waals surface area contributed by atoms with Gasteiger partial charge in [-0.15, -0.1) is 0 Å². The molecule has 0 aromatic heterocycles. The Kier molecular flexibility index (Phi) is 4.62. The van der Waals surface area contributed by atoms with Crippen LogP contribution in [0.25, 0.3) is 0 Å². The molecule has 19 heavy (non-hydrogen) atoms. The molecule has 1 aliphatic rings. The van der Waals surface area contributed by atoms with Crippen molar-refractivity contribution in [2.45, 2.75) is 18.9 Å². The Labute approximate surface area is 126 Å². The maximum absolute atomic E-state index is 10.8. The van der Waals surface area contributed by atoms with Crippen LogP contribution in [0.3, 0.4) is 0 Å². The molecule has 1 unspecified atom stereocenters. The predicted octanol–water partition coefficient (Wildman–Crippen LogP) is 2.73. The summed E-state index contributed by atoms with van der Waals surface area (Å²) in [6.07, 6.45) is 2.48. The number of nitro groups is 1. The van der Waals surface area contributed by atoms with Gasteiger partial charge in [0, 0.05) is 31.4 Å². The molecular formula is C13H18IN3O2. The summed E-state index contributed by atoms with van der Waals surface area (Å²) < 4.78 is 0.687. The van der Waals surface area contributed by atoms with Crippen LogP contribution in [-0.2, 0) is 0 Å². The van der Waals surface area contributed by atoms with Crippen molar-refractivity contribution in [1.29, 1.82) is 0 Å². The third-order valence-corrected chi connectivity index (χ3v) is 4.59. The van der Waals surface area contributed by atoms with Gasteiger partial charge in [-0.3, -0.25) is 10.1 Å². The van der Waals surface area contributed by atoms with Crippen LogP contribution >= 0.6 is 22.6 Å². The SMILES string of the molecule is CN(CC1CCCN1C)c1ccc([N+](=O)[O-])c(I)c1. The van der Waals surface area contributed by atoms with Crippen molar-refractivity contribution in [2.75, 3.05) is 32.1 Å². The van der Waals surface area contributed by atoms with Crippen LogP contribution in [0, 0.1) is 13.7 Å². The summed E-state index contributed by atoms with van der Waals surface area (Å²) in [5.74, 6) is 0. The lowest BCUT2D eigenvalue weighted by molar-refractivity contribution is -0.385. The largest absolute Gasteiger partial charge is 0.373 e. The van der Waals surface area contributed by atoms with E-state index >= 15 is 0 Å². The Bertz CT molecular complexity index is 481. The van der Waals surface area contributed by atoms with Crippen molar-refractivity contribution < 1.29 is 4.92 Å². The van der Waals surface area contributed by atoms with Gasteiger partial charge in [-0.25, -0.2) is 0 Å². The standard InChI is InChI=1S/C13H18IN3O2/c1-15-7-3-4-11(15)9-16(2)10-5-6-13(17(18)19)12(14)8-10/h5-6,8,11H,3-4,7,9H2,1-2H3. The molecule has 1 saturated heterocycles. The zero-order chi connectivity index (χ0) is 14.0. The molecule has 0 spiro atoms. The van der Waals surface area contributed by atoms with E-state index in [4.69, 9.17) is 0 Å². The van der Waals surface area contributed by atoms with E-state index in [0.29, 0.717) is 9.61 Å². The van der Waals surface area contributed by atoms with Gasteiger partial charge in [-0.1, -0.05) is 0 Å². The van der Waals surface area contributed by atoms with Crippen LogP contribution < -0.4 is 4.90 Å². The zero-order valence-corrected chi connectivity index (χ0v) is 13.3. The van der Waals surface area contributed by atoms with Crippen LogP contribution in [0.4, 0.5) is 11.4 Å². The van der Waals surface area contributed by atoms with E-state index in [1.807, 2.05) is 41.8 Å². The molecule has 5 nitrogen and oxygen atoms in total. The lowest BCUT2D eigenvalue weighted by Crippen LogP contribution is -2.36. The fourth-order valence-electron chi connectivity index (χ4n) is 2.51. The van der Waals surface area contributed by atoms with E-state index in [1.54, 1.807) is 6.07 Å². The summed E-state index contributed by atoms with van der Waals surface area (Å²) in [6.45, 7) is 2.13. The molecule has 0 aliphatic carbocycles. The van der Waals surface area contributed by atoms with Gasteiger partial charge in [0.2, 0.25) is 0 Å². The Hall–Kier alpha value is -0.890. The van der Waals surface area contributed by atoms with Crippen LogP contribution in [-0.4, -0.2) is 43.0 Å². The lowest BCUT2D eigenvalue weighted by atomic mass is 10.2. The molecule has 1 heterocycles. The lowest BCUT2D eigenvalue weighted by Gasteiger charge is -2.27. The molecule has 1 aliphatic heterocycles. The maximum Gasteiger partial charge on any atom is 0.282 e. The fourth-order valence-corrected chi connectivity index (χ4v) is 3.21. The summed E-state index contributed by atoms with van der Waals surface area (Å²) in [5, 5.41) is 10.8. The number of hydrogen-bond donors (Lipinski definition) is 0. The van der Waals surface area contributed by atoms with E-state index < -0.39 is 0 Å². The first-order valence-corrected chi connectivity index (χ1v) is 7.42. The minimum Gasteiger partial charge on any atom is -0.373 e. The molecule has 1 atom stereocenters. The van der Waals surface area contributed by atoms with Crippen molar-refractivity contribution in [3.63, 3.8) is 0 Å².